The minimum absolute atomic E-state index is 0.107. The van der Waals surface area contributed by atoms with E-state index in [-0.39, 0.29) is 28.7 Å². The summed E-state index contributed by atoms with van der Waals surface area (Å²) in [6.45, 7) is 1.73. The summed E-state index contributed by atoms with van der Waals surface area (Å²) in [5, 5.41) is 2.78. The molecule has 2 amide bonds. The largest absolute Gasteiger partial charge is 0.495 e. The van der Waals surface area contributed by atoms with E-state index in [4.69, 9.17) is 4.74 Å². The van der Waals surface area contributed by atoms with E-state index in [1.165, 1.54) is 25.3 Å². The van der Waals surface area contributed by atoms with E-state index < -0.39 is 15.9 Å². The van der Waals surface area contributed by atoms with Gasteiger partial charge in [-0.05, 0) is 54.3 Å². The number of methoxy groups -OCH3 is 1. The minimum atomic E-state index is -3.95. The van der Waals surface area contributed by atoms with Gasteiger partial charge in [-0.3, -0.25) is 9.59 Å². The Kier molecular flexibility index (Phi) is 8.02. The number of ether oxygens (including phenoxy) is 1. The predicted molar refractivity (Wildman–Crippen MR) is 137 cm³/mol. The first kappa shape index (κ1) is 25.4. The maximum atomic E-state index is 13.0. The van der Waals surface area contributed by atoms with Crippen molar-refractivity contribution in [2.45, 2.75) is 30.7 Å². The van der Waals surface area contributed by atoms with Crippen LogP contribution in [0.25, 0.3) is 0 Å². The summed E-state index contributed by atoms with van der Waals surface area (Å²) in [4.78, 5) is 27.0. The Balaban J connectivity index is 1.44. The number of anilines is 1. The Morgan fingerprint density at radius 1 is 0.917 bits per heavy atom. The van der Waals surface area contributed by atoms with Crippen molar-refractivity contribution in [3.63, 3.8) is 0 Å². The molecule has 0 radical (unpaired) electrons. The van der Waals surface area contributed by atoms with Gasteiger partial charge in [-0.1, -0.05) is 42.5 Å². The van der Waals surface area contributed by atoms with Gasteiger partial charge in [0.25, 0.3) is 5.91 Å². The molecule has 1 aliphatic rings. The van der Waals surface area contributed by atoms with Crippen LogP contribution in [0.4, 0.5) is 5.69 Å². The van der Waals surface area contributed by atoms with Gasteiger partial charge < -0.3 is 15.0 Å². The van der Waals surface area contributed by atoms with Crippen molar-refractivity contribution in [3.05, 3.63) is 89.5 Å². The lowest BCUT2D eigenvalue weighted by molar-refractivity contribution is -0.129. The molecule has 0 unspecified atom stereocenters. The molecule has 1 heterocycles. The third-order valence-corrected chi connectivity index (χ3v) is 7.47. The highest BCUT2D eigenvalue weighted by Crippen LogP contribution is 2.26. The molecule has 188 valence electrons. The molecular weight excluding hydrogens is 478 g/mol. The maximum Gasteiger partial charge on any atom is 0.255 e. The van der Waals surface area contributed by atoms with E-state index in [0.29, 0.717) is 12.1 Å². The van der Waals surface area contributed by atoms with E-state index >= 15 is 0 Å². The van der Waals surface area contributed by atoms with Gasteiger partial charge in [-0.2, -0.15) is 0 Å². The molecule has 3 aromatic carbocycles. The molecule has 0 aliphatic carbocycles. The summed E-state index contributed by atoms with van der Waals surface area (Å²) in [5.41, 5.74) is 2.38. The fourth-order valence-corrected chi connectivity index (χ4v) is 5.25. The quantitative estimate of drug-likeness (QED) is 0.461. The number of carbonyl (C=O) groups excluding carboxylic acids is 2. The van der Waals surface area contributed by atoms with Gasteiger partial charge in [0, 0.05) is 30.9 Å². The summed E-state index contributed by atoms with van der Waals surface area (Å²) in [6.07, 6.45) is 2.42. The molecule has 3 aromatic rings. The monoisotopic (exact) mass is 507 g/mol. The first-order chi connectivity index (χ1) is 17.4. The Hall–Kier alpha value is -3.69. The van der Waals surface area contributed by atoms with E-state index in [1.807, 2.05) is 35.2 Å². The molecule has 9 heteroatoms. The van der Waals surface area contributed by atoms with Crippen LogP contribution >= 0.6 is 0 Å². The average Bonchev–Trinajstić information content (AvgIpc) is 3.44. The highest BCUT2D eigenvalue weighted by molar-refractivity contribution is 7.89. The van der Waals surface area contributed by atoms with Gasteiger partial charge in [0.05, 0.1) is 13.5 Å². The SMILES string of the molecule is COc1ccc(C(=O)Nc2ccc(CC(=O)N3CCCC3)cc2)cc1S(=O)(=O)NCc1ccccc1. The van der Waals surface area contributed by atoms with E-state index in [1.54, 1.807) is 24.3 Å². The summed E-state index contributed by atoms with van der Waals surface area (Å²) in [7, 11) is -2.57. The lowest BCUT2D eigenvalue weighted by Crippen LogP contribution is -2.29. The van der Waals surface area contributed by atoms with Crippen molar-refractivity contribution >= 4 is 27.5 Å². The molecule has 0 atom stereocenters. The molecule has 4 rings (SSSR count). The smallest absolute Gasteiger partial charge is 0.255 e. The Bertz CT molecular complexity index is 1320. The lowest BCUT2D eigenvalue weighted by atomic mass is 10.1. The second-order valence-electron chi connectivity index (χ2n) is 8.59. The zero-order valence-corrected chi connectivity index (χ0v) is 20.9. The van der Waals surface area contributed by atoms with Crippen LogP contribution in [-0.4, -0.2) is 45.3 Å². The van der Waals surface area contributed by atoms with Gasteiger partial charge >= 0.3 is 0 Å². The lowest BCUT2D eigenvalue weighted by Gasteiger charge is -2.15. The van der Waals surface area contributed by atoms with Crippen LogP contribution in [0.15, 0.2) is 77.7 Å². The summed E-state index contributed by atoms with van der Waals surface area (Å²) in [6, 6.07) is 20.5. The normalized spacial score (nSPS) is 13.4. The highest BCUT2D eigenvalue weighted by Gasteiger charge is 2.22. The molecule has 2 N–H and O–H groups in total. The zero-order chi connectivity index (χ0) is 25.5. The van der Waals surface area contributed by atoms with E-state index in [0.717, 1.165) is 37.1 Å². The molecule has 36 heavy (non-hydrogen) atoms. The number of nitrogens with zero attached hydrogens (tertiary/aromatic N) is 1. The average molecular weight is 508 g/mol. The first-order valence-electron chi connectivity index (χ1n) is 11.8. The number of hydrogen-bond donors (Lipinski definition) is 2. The molecule has 0 bridgehead atoms. The molecule has 0 aromatic heterocycles. The number of carbonyl (C=O) groups is 2. The number of benzene rings is 3. The Morgan fingerprint density at radius 2 is 1.61 bits per heavy atom. The first-order valence-corrected chi connectivity index (χ1v) is 13.2. The molecular formula is C27H29N3O5S. The predicted octanol–water partition coefficient (Wildman–Crippen LogP) is 3.59. The number of hydrogen-bond acceptors (Lipinski definition) is 5. The fourth-order valence-electron chi connectivity index (χ4n) is 4.04. The van der Waals surface area contributed by atoms with Crippen molar-refractivity contribution in [1.29, 1.82) is 0 Å². The van der Waals surface area contributed by atoms with Crippen LogP contribution < -0.4 is 14.8 Å². The van der Waals surface area contributed by atoms with Crippen LogP contribution in [-0.2, 0) is 27.8 Å². The van der Waals surface area contributed by atoms with Crippen LogP contribution in [0.5, 0.6) is 5.75 Å². The highest BCUT2D eigenvalue weighted by atomic mass is 32.2. The van der Waals surface area contributed by atoms with Crippen molar-refractivity contribution in [2.75, 3.05) is 25.5 Å². The maximum absolute atomic E-state index is 13.0. The van der Waals surface area contributed by atoms with Crippen molar-refractivity contribution in [2.24, 2.45) is 0 Å². The number of nitrogens with one attached hydrogen (secondary N) is 2. The molecule has 8 nitrogen and oxygen atoms in total. The molecule has 1 fully saturated rings. The van der Waals surface area contributed by atoms with Crippen LogP contribution in [0.1, 0.15) is 34.3 Å². The zero-order valence-electron chi connectivity index (χ0n) is 20.1. The molecule has 0 spiro atoms. The van der Waals surface area contributed by atoms with Crippen molar-refractivity contribution in [3.8, 4) is 5.75 Å². The number of rotatable bonds is 9. The van der Waals surface area contributed by atoms with Gasteiger partial charge in [0.15, 0.2) is 0 Å². The Morgan fingerprint density at radius 3 is 2.28 bits per heavy atom. The third kappa shape index (κ3) is 6.30. The minimum Gasteiger partial charge on any atom is -0.495 e. The van der Waals surface area contributed by atoms with E-state index in [2.05, 4.69) is 10.0 Å². The summed E-state index contributed by atoms with van der Waals surface area (Å²) < 4.78 is 33.8. The number of likely N-dealkylation sites (tertiary alicyclic amines) is 1. The van der Waals surface area contributed by atoms with E-state index in [9.17, 15) is 18.0 Å². The van der Waals surface area contributed by atoms with Gasteiger partial charge in [0.1, 0.15) is 10.6 Å². The second-order valence-corrected chi connectivity index (χ2v) is 10.3. The van der Waals surface area contributed by atoms with Gasteiger partial charge in [-0.25, -0.2) is 13.1 Å². The summed E-state index contributed by atoms with van der Waals surface area (Å²) in [5.74, 6) is -0.214. The Labute approximate surface area is 211 Å². The molecule has 1 aliphatic heterocycles. The third-order valence-electron chi connectivity index (χ3n) is 6.05. The number of amides is 2. The number of sulfonamides is 1. The standard InChI is InChI=1S/C27H29N3O5S/c1-35-24-14-11-22(18-25(24)36(33,34)28-19-21-7-3-2-4-8-21)27(32)29-23-12-9-20(10-13-23)17-26(31)30-15-5-6-16-30/h2-4,7-14,18,28H,5-6,15-17,19H2,1H3,(H,29,32). The molecule has 1 saturated heterocycles. The van der Waals surface area contributed by atoms with Crippen LogP contribution in [0.3, 0.4) is 0 Å². The second kappa shape index (κ2) is 11.4. The van der Waals surface area contributed by atoms with Crippen molar-refractivity contribution < 1.29 is 22.7 Å². The summed E-state index contributed by atoms with van der Waals surface area (Å²) >= 11 is 0. The van der Waals surface area contributed by atoms with Gasteiger partial charge in [0.2, 0.25) is 15.9 Å². The molecule has 0 saturated carbocycles. The van der Waals surface area contributed by atoms with Crippen LogP contribution in [0.2, 0.25) is 0 Å². The van der Waals surface area contributed by atoms with Crippen molar-refractivity contribution in [1.82, 2.24) is 9.62 Å². The van der Waals surface area contributed by atoms with Gasteiger partial charge in [-0.15, -0.1) is 0 Å². The van der Waals surface area contributed by atoms with Crippen LogP contribution in [0, 0.1) is 0 Å². The topological polar surface area (TPSA) is 105 Å². The fraction of sp³-hybridized carbons (Fsp3) is 0.259.